The molecule has 0 heterocycles. The van der Waals surface area contributed by atoms with Crippen LogP contribution in [0.1, 0.15) is 49.7 Å². The summed E-state index contributed by atoms with van der Waals surface area (Å²) in [7, 11) is -3.69. The van der Waals surface area contributed by atoms with Gasteiger partial charge in [0.15, 0.2) is 0 Å². The highest BCUT2D eigenvalue weighted by atomic mass is 32.2. The van der Waals surface area contributed by atoms with Gasteiger partial charge in [-0.1, -0.05) is 30.3 Å². The Kier molecular flexibility index (Phi) is 5.81. The van der Waals surface area contributed by atoms with E-state index in [1.807, 2.05) is 12.1 Å². The Labute approximate surface area is 195 Å². The maximum atomic E-state index is 14.0. The van der Waals surface area contributed by atoms with E-state index in [2.05, 4.69) is 17.4 Å². The second-order valence-corrected chi connectivity index (χ2v) is 12.4. The lowest BCUT2D eigenvalue weighted by atomic mass is 9.48. The maximum absolute atomic E-state index is 14.0. The largest absolute Gasteiger partial charge is 0.325 e. The fourth-order valence-electron chi connectivity index (χ4n) is 6.84. The molecule has 0 unspecified atom stereocenters. The standard InChI is InChI=1S/C26H31FN2O3S/c1-33(31,32)29(16-21-4-2-3-5-24(21)27)17-25(30)28-23-8-6-22(7-9-23)26-13-18-10-19(14-26)12-20(11-18)15-26/h2-9,18-20H,10-17H2,1H3,(H,28,30). The summed E-state index contributed by atoms with van der Waals surface area (Å²) in [5.41, 5.74) is 2.55. The minimum Gasteiger partial charge on any atom is -0.325 e. The predicted octanol–water partition coefficient (Wildman–Crippen LogP) is 4.69. The van der Waals surface area contributed by atoms with Crippen molar-refractivity contribution in [1.82, 2.24) is 4.31 Å². The number of carbonyl (C=O) groups is 1. The summed E-state index contributed by atoms with van der Waals surface area (Å²) in [5.74, 6) is 1.66. The lowest BCUT2D eigenvalue weighted by Crippen LogP contribution is -2.48. The third kappa shape index (κ3) is 4.71. The highest BCUT2D eigenvalue weighted by molar-refractivity contribution is 7.88. The Balaban J connectivity index is 1.25. The first-order chi connectivity index (χ1) is 15.7. The monoisotopic (exact) mass is 470 g/mol. The maximum Gasteiger partial charge on any atom is 0.239 e. The van der Waals surface area contributed by atoms with Crippen LogP contribution in [0.15, 0.2) is 48.5 Å². The van der Waals surface area contributed by atoms with Crippen LogP contribution in [0.5, 0.6) is 0 Å². The van der Waals surface area contributed by atoms with Crippen LogP contribution in [-0.4, -0.2) is 31.4 Å². The molecule has 1 amide bonds. The summed E-state index contributed by atoms with van der Waals surface area (Å²) in [5, 5.41) is 2.81. The third-order valence-corrected chi connectivity index (χ3v) is 9.11. The van der Waals surface area contributed by atoms with E-state index >= 15 is 0 Å². The van der Waals surface area contributed by atoms with E-state index in [4.69, 9.17) is 0 Å². The van der Waals surface area contributed by atoms with Crippen LogP contribution in [0.4, 0.5) is 10.1 Å². The molecule has 0 saturated heterocycles. The minimum atomic E-state index is -3.69. The first-order valence-electron chi connectivity index (χ1n) is 11.8. The third-order valence-electron chi connectivity index (χ3n) is 7.91. The Bertz CT molecular complexity index is 1110. The summed E-state index contributed by atoms with van der Waals surface area (Å²) in [6.07, 6.45) is 9.07. The molecule has 5 nitrogen and oxygen atoms in total. The number of halogens is 1. The molecule has 4 bridgehead atoms. The van der Waals surface area contributed by atoms with E-state index in [-0.39, 0.29) is 18.7 Å². The van der Waals surface area contributed by atoms with E-state index in [9.17, 15) is 17.6 Å². The van der Waals surface area contributed by atoms with E-state index in [1.165, 1.54) is 56.2 Å². The molecule has 0 aliphatic heterocycles. The topological polar surface area (TPSA) is 66.5 Å². The zero-order valence-electron chi connectivity index (χ0n) is 19.0. The van der Waals surface area contributed by atoms with Gasteiger partial charge in [-0.2, -0.15) is 4.31 Å². The molecular formula is C26H31FN2O3S. The van der Waals surface area contributed by atoms with Gasteiger partial charge in [-0.05, 0) is 85.5 Å². The van der Waals surface area contributed by atoms with Gasteiger partial charge in [0.25, 0.3) is 0 Å². The summed E-state index contributed by atoms with van der Waals surface area (Å²) in [6.45, 7) is -0.562. The first kappa shape index (κ1) is 22.5. The molecule has 33 heavy (non-hydrogen) atoms. The number of nitrogens with one attached hydrogen (secondary N) is 1. The van der Waals surface area contributed by atoms with E-state index < -0.39 is 21.7 Å². The number of amides is 1. The van der Waals surface area contributed by atoms with Crippen LogP contribution in [0, 0.1) is 23.6 Å². The number of sulfonamides is 1. The SMILES string of the molecule is CS(=O)(=O)N(CC(=O)Nc1ccc(C23CC4CC(CC(C4)C2)C3)cc1)Cc1ccccc1F. The average molecular weight is 471 g/mol. The Morgan fingerprint density at radius 1 is 1.00 bits per heavy atom. The second kappa shape index (κ2) is 8.51. The molecule has 2 aromatic carbocycles. The van der Waals surface area contributed by atoms with Crippen LogP contribution >= 0.6 is 0 Å². The number of rotatable bonds is 7. The van der Waals surface area contributed by atoms with Crippen molar-refractivity contribution in [3.05, 3.63) is 65.5 Å². The second-order valence-electron chi connectivity index (χ2n) is 10.4. The van der Waals surface area contributed by atoms with Gasteiger partial charge in [0.1, 0.15) is 5.82 Å². The van der Waals surface area contributed by atoms with Crippen LogP contribution in [0.25, 0.3) is 0 Å². The molecule has 4 saturated carbocycles. The van der Waals surface area contributed by atoms with Gasteiger partial charge >= 0.3 is 0 Å². The molecule has 1 N–H and O–H groups in total. The molecule has 4 aliphatic carbocycles. The van der Waals surface area contributed by atoms with Crippen molar-refractivity contribution in [2.45, 2.75) is 50.5 Å². The van der Waals surface area contributed by atoms with Gasteiger partial charge < -0.3 is 5.32 Å². The Hall–Kier alpha value is -2.25. The molecule has 4 aliphatic rings. The van der Waals surface area contributed by atoms with Crippen LogP contribution in [0.2, 0.25) is 0 Å². The molecule has 4 fully saturated rings. The zero-order valence-corrected chi connectivity index (χ0v) is 19.8. The number of hydrogen-bond acceptors (Lipinski definition) is 3. The minimum absolute atomic E-state index is 0.191. The molecule has 0 atom stereocenters. The van der Waals surface area contributed by atoms with E-state index in [0.29, 0.717) is 11.1 Å². The van der Waals surface area contributed by atoms with E-state index in [1.54, 1.807) is 12.1 Å². The predicted molar refractivity (Wildman–Crippen MR) is 127 cm³/mol. The molecular weight excluding hydrogens is 439 g/mol. The lowest BCUT2D eigenvalue weighted by Gasteiger charge is -2.57. The Morgan fingerprint density at radius 2 is 1.58 bits per heavy atom. The molecule has 0 radical (unpaired) electrons. The van der Waals surface area contributed by atoms with Crippen molar-refractivity contribution in [2.24, 2.45) is 17.8 Å². The van der Waals surface area contributed by atoms with Crippen molar-refractivity contribution in [2.75, 3.05) is 18.1 Å². The van der Waals surface area contributed by atoms with Crippen molar-refractivity contribution in [3.63, 3.8) is 0 Å². The molecule has 2 aromatic rings. The number of carbonyl (C=O) groups excluding carboxylic acids is 1. The summed E-state index contributed by atoms with van der Waals surface area (Å²) >= 11 is 0. The fraction of sp³-hybridized carbons (Fsp3) is 0.500. The van der Waals surface area contributed by atoms with Gasteiger partial charge in [-0.25, -0.2) is 12.8 Å². The molecule has 7 heteroatoms. The molecule has 0 spiro atoms. The molecule has 0 aromatic heterocycles. The van der Waals surface area contributed by atoms with Crippen LogP contribution in [0.3, 0.4) is 0 Å². The van der Waals surface area contributed by atoms with Gasteiger partial charge in [0.2, 0.25) is 15.9 Å². The lowest BCUT2D eigenvalue weighted by molar-refractivity contribution is -0.116. The quantitative estimate of drug-likeness (QED) is 0.638. The smallest absolute Gasteiger partial charge is 0.239 e. The van der Waals surface area contributed by atoms with Gasteiger partial charge in [-0.15, -0.1) is 0 Å². The average Bonchev–Trinajstić information content (AvgIpc) is 2.73. The van der Waals surface area contributed by atoms with Crippen LogP contribution in [-0.2, 0) is 26.8 Å². The summed E-state index contributed by atoms with van der Waals surface area (Å²) in [4.78, 5) is 12.6. The number of benzene rings is 2. The number of anilines is 1. The summed E-state index contributed by atoms with van der Waals surface area (Å²) in [6, 6.07) is 14.1. The van der Waals surface area contributed by atoms with Gasteiger partial charge in [0, 0.05) is 17.8 Å². The zero-order chi connectivity index (χ0) is 23.2. The fourth-order valence-corrected chi connectivity index (χ4v) is 7.56. The molecule has 6 rings (SSSR count). The van der Waals surface area contributed by atoms with Gasteiger partial charge in [0.05, 0.1) is 12.8 Å². The van der Waals surface area contributed by atoms with E-state index in [0.717, 1.165) is 28.3 Å². The van der Waals surface area contributed by atoms with Crippen LogP contribution < -0.4 is 5.32 Å². The number of nitrogens with zero attached hydrogens (tertiary/aromatic N) is 1. The van der Waals surface area contributed by atoms with Crippen molar-refractivity contribution in [3.8, 4) is 0 Å². The van der Waals surface area contributed by atoms with Crippen molar-refractivity contribution < 1.29 is 17.6 Å². The highest BCUT2D eigenvalue weighted by Crippen LogP contribution is 2.60. The number of hydrogen-bond donors (Lipinski definition) is 1. The van der Waals surface area contributed by atoms with Crippen molar-refractivity contribution >= 4 is 21.6 Å². The Morgan fingerprint density at radius 3 is 2.12 bits per heavy atom. The normalized spacial score (nSPS) is 28.3. The molecule has 176 valence electrons. The highest BCUT2D eigenvalue weighted by Gasteiger charge is 2.51. The first-order valence-corrected chi connectivity index (χ1v) is 13.6. The van der Waals surface area contributed by atoms with Crippen molar-refractivity contribution in [1.29, 1.82) is 0 Å². The summed E-state index contributed by atoms with van der Waals surface area (Å²) < 4.78 is 39.4. The van der Waals surface area contributed by atoms with Gasteiger partial charge in [-0.3, -0.25) is 4.79 Å².